The predicted molar refractivity (Wildman–Crippen MR) is 86.3 cm³/mol. The van der Waals surface area contributed by atoms with Crippen molar-refractivity contribution in [1.82, 2.24) is 4.90 Å². The van der Waals surface area contributed by atoms with Gasteiger partial charge in [0.25, 0.3) is 0 Å². The van der Waals surface area contributed by atoms with Gasteiger partial charge in [-0.05, 0) is 12.0 Å². The number of benzene rings is 1. The van der Waals surface area contributed by atoms with Gasteiger partial charge < -0.3 is 19.5 Å². The highest BCUT2D eigenvalue weighted by Gasteiger charge is 2.54. The van der Waals surface area contributed by atoms with Crippen molar-refractivity contribution in [3.05, 3.63) is 35.9 Å². The Hall–Kier alpha value is -1.92. The van der Waals surface area contributed by atoms with Crippen molar-refractivity contribution in [1.29, 1.82) is 0 Å². The number of hydrogen-bond acceptors (Lipinski definition) is 4. The number of amides is 1. The quantitative estimate of drug-likeness (QED) is 0.799. The molecule has 2 saturated heterocycles. The summed E-state index contributed by atoms with van der Waals surface area (Å²) in [5.74, 6) is -0.970. The highest BCUT2D eigenvalue weighted by Crippen LogP contribution is 2.42. The van der Waals surface area contributed by atoms with Crippen molar-refractivity contribution in [3.63, 3.8) is 0 Å². The molecule has 1 aromatic rings. The third-order valence-electron chi connectivity index (χ3n) is 5.06. The fourth-order valence-electron chi connectivity index (χ4n) is 3.57. The molecule has 1 N–H and O–H groups in total. The summed E-state index contributed by atoms with van der Waals surface area (Å²) in [7, 11) is 0. The van der Waals surface area contributed by atoms with E-state index < -0.39 is 11.4 Å². The minimum atomic E-state index is -0.835. The Morgan fingerprint density at radius 2 is 2.12 bits per heavy atom. The highest BCUT2D eigenvalue weighted by atomic mass is 16.5. The van der Waals surface area contributed by atoms with Crippen LogP contribution < -0.4 is 0 Å². The van der Waals surface area contributed by atoms with Gasteiger partial charge in [-0.3, -0.25) is 9.59 Å². The Kier molecular flexibility index (Phi) is 5.16. The number of nitrogens with zero attached hydrogens (tertiary/aromatic N) is 1. The van der Waals surface area contributed by atoms with Crippen LogP contribution in [0.2, 0.25) is 0 Å². The summed E-state index contributed by atoms with van der Waals surface area (Å²) >= 11 is 0. The van der Waals surface area contributed by atoms with Gasteiger partial charge in [0.05, 0.1) is 31.7 Å². The van der Waals surface area contributed by atoms with E-state index in [0.717, 1.165) is 5.56 Å². The molecule has 2 aliphatic rings. The van der Waals surface area contributed by atoms with Crippen LogP contribution in [0.3, 0.4) is 0 Å². The standard InChI is InChI=1S/C18H23NO5/c20-16(6-8-23-11-14-4-2-1-3-5-14)19-10-15-12-24-9-7-18(15,13-19)17(21)22/h1-5,15H,6-13H2,(H,21,22)/t15-,18+/m0/s1. The first kappa shape index (κ1) is 16.9. The van der Waals surface area contributed by atoms with Gasteiger partial charge in [0.2, 0.25) is 5.91 Å². The number of carbonyl (C=O) groups excluding carboxylic acids is 1. The minimum absolute atomic E-state index is 0.0434. The second-order valence-electron chi connectivity index (χ2n) is 6.55. The fraction of sp³-hybridized carbons (Fsp3) is 0.556. The second-order valence-corrected chi connectivity index (χ2v) is 6.55. The second kappa shape index (κ2) is 7.32. The number of fused-ring (bicyclic) bond motifs is 1. The van der Waals surface area contributed by atoms with E-state index >= 15 is 0 Å². The van der Waals surface area contributed by atoms with Crippen LogP contribution in [0.25, 0.3) is 0 Å². The molecule has 24 heavy (non-hydrogen) atoms. The third kappa shape index (κ3) is 3.44. The van der Waals surface area contributed by atoms with E-state index in [9.17, 15) is 14.7 Å². The molecule has 2 heterocycles. The predicted octanol–water partition coefficient (Wildman–Crippen LogP) is 1.54. The molecule has 1 amide bonds. The van der Waals surface area contributed by atoms with E-state index in [4.69, 9.17) is 9.47 Å². The van der Waals surface area contributed by atoms with Gasteiger partial charge in [-0.15, -0.1) is 0 Å². The molecule has 1 aromatic carbocycles. The smallest absolute Gasteiger partial charge is 0.311 e. The van der Waals surface area contributed by atoms with Gasteiger partial charge in [-0.2, -0.15) is 0 Å². The largest absolute Gasteiger partial charge is 0.481 e. The number of aliphatic carboxylic acids is 1. The molecule has 0 aliphatic carbocycles. The number of carboxylic acids is 1. The number of carboxylic acid groups (broad SMARTS) is 1. The zero-order chi connectivity index (χ0) is 17.0. The van der Waals surface area contributed by atoms with Crippen molar-refractivity contribution < 1.29 is 24.2 Å². The number of ether oxygens (including phenoxy) is 2. The lowest BCUT2D eigenvalue weighted by Crippen LogP contribution is -2.45. The molecule has 0 spiro atoms. The van der Waals surface area contributed by atoms with Crippen molar-refractivity contribution in [2.45, 2.75) is 19.4 Å². The van der Waals surface area contributed by atoms with Gasteiger partial charge in [0.1, 0.15) is 0 Å². The van der Waals surface area contributed by atoms with Crippen molar-refractivity contribution >= 4 is 11.9 Å². The summed E-state index contributed by atoms with van der Waals surface area (Å²) in [5, 5.41) is 9.62. The van der Waals surface area contributed by atoms with E-state index in [2.05, 4.69) is 0 Å². The molecule has 0 unspecified atom stereocenters. The Balaban J connectivity index is 1.48. The maximum atomic E-state index is 12.4. The first-order chi connectivity index (χ1) is 11.6. The van der Waals surface area contributed by atoms with Gasteiger partial charge in [-0.25, -0.2) is 0 Å². The first-order valence-electron chi connectivity index (χ1n) is 8.32. The lowest BCUT2D eigenvalue weighted by molar-refractivity contribution is -0.157. The summed E-state index contributed by atoms with van der Waals surface area (Å²) in [6.07, 6.45) is 0.747. The number of carbonyl (C=O) groups is 2. The molecular weight excluding hydrogens is 310 g/mol. The van der Waals surface area contributed by atoms with Crippen LogP contribution in [-0.4, -0.2) is 54.8 Å². The molecule has 0 bridgehead atoms. The molecule has 6 nitrogen and oxygen atoms in total. The molecule has 2 aliphatic heterocycles. The summed E-state index contributed by atoms with van der Waals surface area (Å²) < 4.78 is 11.0. The van der Waals surface area contributed by atoms with Crippen LogP contribution in [0.1, 0.15) is 18.4 Å². The monoisotopic (exact) mass is 333 g/mol. The van der Waals surface area contributed by atoms with Crippen molar-refractivity contribution in [3.8, 4) is 0 Å². The highest BCUT2D eigenvalue weighted by molar-refractivity contribution is 5.81. The number of hydrogen-bond donors (Lipinski definition) is 1. The van der Waals surface area contributed by atoms with Crippen molar-refractivity contribution in [2.75, 3.05) is 32.9 Å². The van der Waals surface area contributed by atoms with Crippen LogP contribution >= 0.6 is 0 Å². The van der Waals surface area contributed by atoms with Gasteiger partial charge in [0, 0.05) is 25.6 Å². The fourth-order valence-corrected chi connectivity index (χ4v) is 3.57. The Morgan fingerprint density at radius 1 is 1.33 bits per heavy atom. The maximum Gasteiger partial charge on any atom is 0.311 e. The Labute approximate surface area is 141 Å². The first-order valence-corrected chi connectivity index (χ1v) is 8.32. The molecule has 2 fully saturated rings. The zero-order valence-corrected chi connectivity index (χ0v) is 13.6. The average Bonchev–Trinajstić information content (AvgIpc) is 3.01. The molecule has 0 saturated carbocycles. The van der Waals surface area contributed by atoms with Gasteiger partial charge in [-0.1, -0.05) is 30.3 Å². The molecule has 130 valence electrons. The molecule has 0 aromatic heterocycles. The zero-order valence-electron chi connectivity index (χ0n) is 13.6. The molecule has 0 radical (unpaired) electrons. The molecule has 6 heteroatoms. The van der Waals surface area contributed by atoms with Gasteiger partial charge >= 0.3 is 5.97 Å². The van der Waals surface area contributed by atoms with Crippen LogP contribution in [0, 0.1) is 11.3 Å². The van der Waals surface area contributed by atoms with Crippen LogP contribution in [0.4, 0.5) is 0 Å². The van der Waals surface area contributed by atoms with Crippen LogP contribution in [0.15, 0.2) is 30.3 Å². The summed E-state index contributed by atoms with van der Waals surface area (Å²) in [4.78, 5) is 25.8. The van der Waals surface area contributed by atoms with Crippen molar-refractivity contribution in [2.24, 2.45) is 11.3 Å². The number of likely N-dealkylation sites (tertiary alicyclic amines) is 1. The summed E-state index contributed by atoms with van der Waals surface area (Å²) in [6.45, 7) is 2.43. The third-order valence-corrected chi connectivity index (χ3v) is 5.06. The Morgan fingerprint density at radius 3 is 2.83 bits per heavy atom. The molecule has 3 rings (SSSR count). The van der Waals surface area contributed by atoms with Crippen LogP contribution in [-0.2, 0) is 25.7 Å². The topological polar surface area (TPSA) is 76.1 Å². The number of rotatable bonds is 6. The van der Waals surface area contributed by atoms with E-state index in [1.54, 1.807) is 4.90 Å². The summed E-state index contributed by atoms with van der Waals surface area (Å²) in [5.41, 5.74) is 0.234. The average molecular weight is 333 g/mol. The lowest BCUT2D eigenvalue weighted by Gasteiger charge is -2.33. The Bertz CT molecular complexity index is 590. The molecular formula is C18H23NO5. The maximum absolute atomic E-state index is 12.4. The summed E-state index contributed by atoms with van der Waals surface area (Å²) in [6, 6.07) is 9.79. The van der Waals surface area contributed by atoms with E-state index in [0.29, 0.717) is 39.4 Å². The van der Waals surface area contributed by atoms with E-state index in [-0.39, 0.29) is 24.8 Å². The molecule has 2 atom stereocenters. The van der Waals surface area contributed by atoms with E-state index in [1.165, 1.54) is 0 Å². The normalized spacial score (nSPS) is 26.2. The van der Waals surface area contributed by atoms with Gasteiger partial charge in [0.15, 0.2) is 0 Å². The SMILES string of the molecule is O=C(CCOCc1ccccc1)N1C[C@H]2COCC[C@@]2(C(=O)O)C1. The minimum Gasteiger partial charge on any atom is -0.481 e. The van der Waals surface area contributed by atoms with Crippen LogP contribution in [0.5, 0.6) is 0 Å². The lowest BCUT2D eigenvalue weighted by atomic mass is 9.74. The van der Waals surface area contributed by atoms with E-state index in [1.807, 2.05) is 30.3 Å².